The van der Waals surface area contributed by atoms with Gasteiger partial charge in [-0.2, -0.15) is 13.2 Å². The molecule has 1 aromatic carbocycles. The van der Waals surface area contributed by atoms with Gasteiger partial charge in [0.2, 0.25) is 0 Å². The third-order valence-corrected chi connectivity index (χ3v) is 3.15. The van der Waals surface area contributed by atoms with Crippen molar-refractivity contribution in [2.75, 3.05) is 17.3 Å². The Morgan fingerprint density at radius 3 is 2.47 bits per heavy atom. The lowest BCUT2D eigenvalue weighted by Crippen LogP contribution is -2.29. The van der Waals surface area contributed by atoms with Crippen LogP contribution in [0.2, 0.25) is 0 Å². The molecule has 0 atom stereocenters. The minimum atomic E-state index is -4.96. The Morgan fingerprint density at radius 2 is 1.95 bits per heavy atom. The van der Waals surface area contributed by atoms with Gasteiger partial charge in [0, 0.05) is 11.9 Å². The number of hydrogen-bond acceptors (Lipinski definition) is 3. The lowest BCUT2D eigenvalue weighted by atomic mass is 10.1. The molecule has 4 nitrogen and oxygen atoms in total. The third kappa shape index (κ3) is 5.73. The maximum absolute atomic E-state index is 12.0. The molecule has 1 aromatic rings. The van der Waals surface area contributed by atoms with Gasteiger partial charge in [-0.3, -0.25) is 4.79 Å². The molecule has 0 radical (unpaired) electrons. The summed E-state index contributed by atoms with van der Waals surface area (Å²) in [5.74, 6) is -2.17. The Morgan fingerprint density at radius 1 is 1.32 bits per heavy atom. The number of benzene rings is 1. The molecule has 0 aliphatic carbocycles. The maximum atomic E-state index is 12.0. The molecule has 106 valence electrons. The second kappa shape index (κ2) is 5.60. The predicted molar refractivity (Wildman–Crippen MR) is 64.5 cm³/mol. The van der Waals surface area contributed by atoms with Crippen molar-refractivity contribution in [3.63, 3.8) is 0 Å². The van der Waals surface area contributed by atoms with Gasteiger partial charge in [-0.15, -0.1) is 0 Å². The molecule has 0 heterocycles. The summed E-state index contributed by atoms with van der Waals surface area (Å²) >= 11 is 0. The number of rotatable bonds is 4. The highest BCUT2D eigenvalue weighted by atomic mass is 32.2. The van der Waals surface area contributed by atoms with Crippen molar-refractivity contribution in [1.82, 2.24) is 0 Å². The van der Waals surface area contributed by atoms with Crippen LogP contribution in [0, 0.1) is 0 Å². The first-order valence-corrected chi connectivity index (χ1v) is 7.29. The molecule has 0 saturated heterocycles. The largest absolute Gasteiger partial charge is 0.471 e. The number of carbonyl (C=O) groups is 1. The van der Waals surface area contributed by atoms with Gasteiger partial charge in [-0.25, -0.2) is 8.42 Å². The minimum absolute atomic E-state index is 0.0201. The Kier molecular flexibility index (Phi) is 4.56. The van der Waals surface area contributed by atoms with E-state index < -0.39 is 21.9 Å². The summed E-state index contributed by atoms with van der Waals surface area (Å²) in [6, 6.07) is 5.64. The Bertz CT molecular complexity index is 567. The molecule has 1 amide bonds. The van der Waals surface area contributed by atoms with Gasteiger partial charge in [-0.1, -0.05) is 12.1 Å². The fourth-order valence-corrected chi connectivity index (χ4v) is 1.92. The van der Waals surface area contributed by atoms with Crippen molar-refractivity contribution in [2.24, 2.45) is 0 Å². The van der Waals surface area contributed by atoms with Crippen molar-refractivity contribution in [2.45, 2.75) is 12.6 Å². The van der Waals surface area contributed by atoms with Gasteiger partial charge in [0.05, 0.1) is 5.75 Å². The van der Waals surface area contributed by atoms with Crippen molar-refractivity contribution < 1.29 is 26.4 Å². The summed E-state index contributed by atoms with van der Waals surface area (Å²) in [4.78, 5) is 10.7. The van der Waals surface area contributed by atoms with Crippen molar-refractivity contribution in [1.29, 1.82) is 0 Å². The first-order chi connectivity index (χ1) is 8.58. The molecule has 0 aliphatic heterocycles. The summed E-state index contributed by atoms with van der Waals surface area (Å²) < 4.78 is 58.1. The van der Waals surface area contributed by atoms with E-state index in [0.29, 0.717) is 5.56 Å². The van der Waals surface area contributed by atoms with Crippen molar-refractivity contribution >= 4 is 21.4 Å². The highest BCUT2D eigenvalue weighted by molar-refractivity contribution is 7.90. The lowest BCUT2D eigenvalue weighted by Gasteiger charge is -2.09. The average Bonchev–Trinajstić information content (AvgIpc) is 2.25. The summed E-state index contributed by atoms with van der Waals surface area (Å²) in [5.41, 5.74) is 0.513. The molecular formula is C11H12F3NO3S. The van der Waals surface area contributed by atoms with Crippen LogP contribution in [0.4, 0.5) is 18.9 Å². The lowest BCUT2D eigenvalue weighted by molar-refractivity contribution is -0.167. The molecule has 1 N–H and O–H groups in total. The van der Waals surface area contributed by atoms with Gasteiger partial charge in [0.25, 0.3) is 0 Å². The zero-order valence-corrected chi connectivity index (χ0v) is 10.8. The van der Waals surface area contributed by atoms with E-state index in [1.165, 1.54) is 18.2 Å². The molecule has 0 aromatic heterocycles. The van der Waals surface area contributed by atoms with Crippen LogP contribution in [0.5, 0.6) is 0 Å². The van der Waals surface area contributed by atoms with Crippen molar-refractivity contribution in [3.05, 3.63) is 29.8 Å². The minimum Gasteiger partial charge on any atom is -0.318 e. The van der Waals surface area contributed by atoms with Crippen LogP contribution in [0.3, 0.4) is 0 Å². The maximum Gasteiger partial charge on any atom is 0.471 e. The molecule has 19 heavy (non-hydrogen) atoms. The second-order valence-corrected chi connectivity index (χ2v) is 6.29. The van der Waals surface area contributed by atoms with E-state index in [0.717, 1.165) is 6.26 Å². The fourth-order valence-electron chi connectivity index (χ4n) is 1.31. The van der Waals surface area contributed by atoms with E-state index in [1.807, 2.05) is 0 Å². The van der Waals surface area contributed by atoms with E-state index in [2.05, 4.69) is 0 Å². The Hall–Kier alpha value is -1.57. The summed E-state index contributed by atoms with van der Waals surface area (Å²) in [7, 11) is -3.15. The molecule has 0 aliphatic rings. The van der Waals surface area contributed by atoms with Gasteiger partial charge < -0.3 is 5.32 Å². The van der Waals surface area contributed by atoms with Gasteiger partial charge >= 0.3 is 12.1 Å². The smallest absolute Gasteiger partial charge is 0.318 e. The molecule has 0 saturated carbocycles. The number of aryl methyl sites for hydroxylation is 1. The van der Waals surface area contributed by atoms with Gasteiger partial charge in [-0.05, 0) is 24.1 Å². The van der Waals surface area contributed by atoms with E-state index in [9.17, 15) is 26.4 Å². The number of anilines is 1. The van der Waals surface area contributed by atoms with Crippen LogP contribution in [0.1, 0.15) is 5.56 Å². The molecule has 0 bridgehead atoms. The summed E-state index contributed by atoms with van der Waals surface area (Å²) in [6.45, 7) is 0. The van der Waals surface area contributed by atoms with Crippen LogP contribution in [0.15, 0.2) is 24.3 Å². The topological polar surface area (TPSA) is 63.2 Å². The van der Waals surface area contributed by atoms with Crippen LogP contribution in [-0.4, -0.2) is 32.5 Å². The van der Waals surface area contributed by atoms with E-state index in [1.54, 1.807) is 11.4 Å². The van der Waals surface area contributed by atoms with E-state index in [-0.39, 0.29) is 17.9 Å². The third-order valence-electron chi connectivity index (χ3n) is 2.20. The van der Waals surface area contributed by atoms with E-state index in [4.69, 9.17) is 0 Å². The average molecular weight is 295 g/mol. The zero-order valence-electron chi connectivity index (χ0n) is 9.99. The zero-order chi connectivity index (χ0) is 14.7. The molecule has 1 rings (SSSR count). The molecule has 0 fully saturated rings. The van der Waals surface area contributed by atoms with Crippen molar-refractivity contribution in [3.8, 4) is 0 Å². The summed E-state index contributed by atoms with van der Waals surface area (Å²) in [5, 5.41) is 1.71. The predicted octanol–water partition coefficient (Wildman–Crippen LogP) is 1.77. The van der Waals surface area contributed by atoms with Gasteiger partial charge in [0.1, 0.15) is 9.84 Å². The molecule has 0 unspecified atom stereocenters. The molecule has 0 spiro atoms. The number of carbonyl (C=O) groups excluding carboxylic acids is 1. The number of hydrogen-bond donors (Lipinski definition) is 1. The number of nitrogens with one attached hydrogen (secondary N) is 1. The first kappa shape index (κ1) is 15.5. The SMILES string of the molecule is CS(=O)(=O)CCc1cccc(NC(=O)C(F)(F)F)c1. The van der Waals surface area contributed by atoms with E-state index >= 15 is 0 Å². The number of sulfone groups is 1. The highest BCUT2D eigenvalue weighted by Crippen LogP contribution is 2.19. The standard InChI is InChI=1S/C11H12F3NO3S/c1-19(17,18)6-5-8-3-2-4-9(7-8)15-10(16)11(12,13)14/h2-4,7H,5-6H2,1H3,(H,15,16). The van der Waals surface area contributed by atoms with Gasteiger partial charge in [0.15, 0.2) is 0 Å². The summed E-state index contributed by atoms with van der Waals surface area (Å²) in [6.07, 6.45) is -3.71. The number of halogens is 3. The number of alkyl halides is 3. The van der Waals surface area contributed by atoms with Crippen LogP contribution in [0.25, 0.3) is 0 Å². The quantitative estimate of drug-likeness (QED) is 0.921. The fraction of sp³-hybridized carbons (Fsp3) is 0.364. The normalized spacial score (nSPS) is 12.2. The molecular weight excluding hydrogens is 283 g/mol. The van der Waals surface area contributed by atoms with Crippen LogP contribution < -0.4 is 5.32 Å². The Labute approximate surface area is 108 Å². The Balaban J connectivity index is 2.75. The first-order valence-electron chi connectivity index (χ1n) is 5.23. The molecule has 8 heteroatoms. The van der Waals surface area contributed by atoms with Crippen LogP contribution in [-0.2, 0) is 21.1 Å². The highest BCUT2D eigenvalue weighted by Gasteiger charge is 2.38. The number of amides is 1. The monoisotopic (exact) mass is 295 g/mol. The van der Waals surface area contributed by atoms with Crippen LogP contribution >= 0.6 is 0 Å². The second-order valence-electron chi connectivity index (χ2n) is 4.03.